The second-order valence-corrected chi connectivity index (χ2v) is 5.24. The topological polar surface area (TPSA) is 76.7 Å². The van der Waals surface area contributed by atoms with Gasteiger partial charge in [-0.2, -0.15) is 0 Å². The fourth-order valence-electron chi connectivity index (χ4n) is 1.32. The first-order valence-corrected chi connectivity index (χ1v) is 6.22. The quantitative estimate of drug-likeness (QED) is 0.896. The maximum absolute atomic E-state index is 6.00. The van der Waals surface area contributed by atoms with Crippen LogP contribution in [0.3, 0.4) is 0 Å². The maximum Gasteiger partial charge on any atom is 0.151 e. The van der Waals surface area contributed by atoms with E-state index in [1.54, 1.807) is 11.3 Å². The minimum atomic E-state index is 0.0282. The van der Waals surface area contributed by atoms with Crippen molar-refractivity contribution in [3.8, 4) is 0 Å². The molecule has 0 saturated carbocycles. The molecule has 7 heteroatoms. The lowest BCUT2D eigenvalue weighted by Crippen LogP contribution is -2.09. The summed E-state index contributed by atoms with van der Waals surface area (Å²) in [5.41, 5.74) is 5.60. The summed E-state index contributed by atoms with van der Waals surface area (Å²) >= 11 is 7.63. The van der Waals surface area contributed by atoms with Crippen molar-refractivity contribution in [1.82, 2.24) is 15.0 Å². The van der Waals surface area contributed by atoms with Gasteiger partial charge in [-0.05, 0) is 13.8 Å². The van der Waals surface area contributed by atoms with Gasteiger partial charge in [0.2, 0.25) is 0 Å². The number of aryl methyl sites for hydroxylation is 1. The highest BCUT2D eigenvalue weighted by atomic mass is 35.5. The average molecular weight is 270 g/mol. The van der Waals surface area contributed by atoms with E-state index in [0.717, 1.165) is 5.01 Å². The lowest BCUT2D eigenvalue weighted by Gasteiger charge is -2.13. The molecule has 1 unspecified atom stereocenters. The fourth-order valence-corrected chi connectivity index (χ4v) is 2.25. The van der Waals surface area contributed by atoms with Gasteiger partial charge in [-0.15, -0.1) is 11.3 Å². The molecule has 2 heterocycles. The van der Waals surface area contributed by atoms with Gasteiger partial charge in [0, 0.05) is 11.1 Å². The Morgan fingerprint density at radius 2 is 2.18 bits per heavy atom. The number of anilines is 2. The average Bonchev–Trinajstić information content (AvgIpc) is 2.72. The first kappa shape index (κ1) is 12.1. The molecular formula is C10H12ClN5S. The van der Waals surface area contributed by atoms with Gasteiger partial charge in [-0.1, -0.05) is 11.6 Å². The second-order valence-electron chi connectivity index (χ2n) is 3.60. The fraction of sp³-hybridized carbons (Fsp3) is 0.300. The summed E-state index contributed by atoms with van der Waals surface area (Å²) in [5.74, 6) is 0.797. The van der Waals surface area contributed by atoms with Crippen LogP contribution in [0.1, 0.15) is 22.9 Å². The van der Waals surface area contributed by atoms with Crippen LogP contribution in [-0.4, -0.2) is 15.0 Å². The van der Waals surface area contributed by atoms with Crippen LogP contribution >= 0.6 is 22.9 Å². The normalized spacial score (nSPS) is 12.4. The number of nitrogens with two attached hydrogens (primary N) is 1. The molecule has 2 rings (SSSR count). The van der Waals surface area contributed by atoms with E-state index >= 15 is 0 Å². The Labute approximate surface area is 108 Å². The number of halogens is 1. The van der Waals surface area contributed by atoms with Crippen LogP contribution in [0.5, 0.6) is 0 Å². The van der Waals surface area contributed by atoms with Gasteiger partial charge in [0.25, 0.3) is 0 Å². The van der Waals surface area contributed by atoms with Crippen molar-refractivity contribution in [3.05, 3.63) is 27.4 Å². The third-order valence-corrected chi connectivity index (χ3v) is 3.65. The zero-order chi connectivity index (χ0) is 12.4. The molecule has 2 aromatic rings. The van der Waals surface area contributed by atoms with Crippen LogP contribution in [0.2, 0.25) is 5.02 Å². The number of nitrogens with one attached hydrogen (secondary N) is 1. The number of thiazole rings is 1. The summed E-state index contributed by atoms with van der Waals surface area (Å²) in [4.78, 5) is 13.3. The van der Waals surface area contributed by atoms with Crippen molar-refractivity contribution in [2.24, 2.45) is 0 Å². The van der Waals surface area contributed by atoms with Crippen LogP contribution < -0.4 is 11.1 Å². The van der Waals surface area contributed by atoms with Gasteiger partial charge < -0.3 is 11.1 Å². The molecule has 0 aliphatic rings. The maximum atomic E-state index is 6.00. The van der Waals surface area contributed by atoms with E-state index in [-0.39, 0.29) is 11.9 Å². The highest BCUT2D eigenvalue weighted by molar-refractivity contribution is 7.11. The summed E-state index contributed by atoms with van der Waals surface area (Å²) < 4.78 is 0. The summed E-state index contributed by atoms with van der Waals surface area (Å²) in [6, 6.07) is 0.0282. The Bertz CT molecular complexity index is 527. The van der Waals surface area contributed by atoms with Gasteiger partial charge in [0.05, 0.1) is 6.04 Å². The Morgan fingerprint density at radius 1 is 1.41 bits per heavy atom. The number of aromatic nitrogens is 3. The zero-order valence-electron chi connectivity index (χ0n) is 9.44. The van der Waals surface area contributed by atoms with Gasteiger partial charge in [-0.3, -0.25) is 0 Å². The standard InChI is InChI=1S/C10H12ClN5S/c1-5-3-13-10(17-5)6(2)16-9-7(11)8(12)14-4-15-9/h3-4,6H,1-2H3,(H3,12,14,15,16). The minimum Gasteiger partial charge on any atom is -0.382 e. The van der Waals surface area contributed by atoms with E-state index in [1.165, 1.54) is 11.2 Å². The van der Waals surface area contributed by atoms with Crippen molar-refractivity contribution in [1.29, 1.82) is 0 Å². The number of hydrogen-bond donors (Lipinski definition) is 2. The largest absolute Gasteiger partial charge is 0.382 e. The molecule has 17 heavy (non-hydrogen) atoms. The van der Waals surface area contributed by atoms with E-state index in [1.807, 2.05) is 20.0 Å². The van der Waals surface area contributed by atoms with Gasteiger partial charge in [0.1, 0.15) is 22.2 Å². The molecule has 0 saturated heterocycles. The highest BCUT2D eigenvalue weighted by Crippen LogP contribution is 2.28. The lowest BCUT2D eigenvalue weighted by atomic mass is 10.3. The third kappa shape index (κ3) is 2.65. The molecular weight excluding hydrogens is 258 g/mol. The Hall–Kier alpha value is -1.40. The third-order valence-electron chi connectivity index (χ3n) is 2.18. The first-order chi connectivity index (χ1) is 8.08. The van der Waals surface area contributed by atoms with Crippen molar-refractivity contribution >= 4 is 34.6 Å². The number of hydrogen-bond acceptors (Lipinski definition) is 6. The molecule has 0 aliphatic heterocycles. The van der Waals surface area contributed by atoms with Crippen LogP contribution in [0.25, 0.3) is 0 Å². The van der Waals surface area contributed by atoms with E-state index in [0.29, 0.717) is 10.8 Å². The molecule has 0 fully saturated rings. The minimum absolute atomic E-state index is 0.0282. The van der Waals surface area contributed by atoms with Crippen molar-refractivity contribution in [2.45, 2.75) is 19.9 Å². The molecule has 0 bridgehead atoms. The van der Waals surface area contributed by atoms with Crippen molar-refractivity contribution in [3.63, 3.8) is 0 Å². The monoisotopic (exact) mass is 269 g/mol. The summed E-state index contributed by atoms with van der Waals surface area (Å²) in [6.07, 6.45) is 3.22. The number of nitrogens with zero attached hydrogens (tertiary/aromatic N) is 3. The molecule has 3 N–H and O–H groups in total. The van der Waals surface area contributed by atoms with Gasteiger partial charge >= 0.3 is 0 Å². The Morgan fingerprint density at radius 3 is 2.82 bits per heavy atom. The van der Waals surface area contributed by atoms with Crippen LogP contribution in [0.15, 0.2) is 12.5 Å². The van der Waals surface area contributed by atoms with E-state index in [2.05, 4.69) is 20.3 Å². The van der Waals surface area contributed by atoms with Gasteiger partial charge in [0.15, 0.2) is 5.82 Å². The van der Waals surface area contributed by atoms with Crippen molar-refractivity contribution < 1.29 is 0 Å². The lowest BCUT2D eigenvalue weighted by molar-refractivity contribution is 0.859. The van der Waals surface area contributed by atoms with Crippen molar-refractivity contribution in [2.75, 3.05) is 11.1 Å². The number of rotatable bonds is 3. The summed E-state index contributed by atoms with van der Waals surface area (Å²) in [6.45, 7) is 4.01. The summed E-state index contributed by atoms with van der Waals surface area (Å²) in [5, 5.41) is 4.49. The molecule has 5 nitrogen and oxygen atoms in total. The molecule has 0 amide bonds. The van der Waals surface area contributed by atoms with E-state index in [4.69, 9.17) is 17.3 Å². The van der Waals surface area contributed by atoms with E-state index < -0.39 is 0 Å². The second kappa shape index (κ2) is 4.85. The smallest absolute Gasteiger partial charge is 0.151 e. The highest BCUT2D eigenvalue weighted by Gasteiger charge is 2.13. The van der Waals surface area contributed by atoms with Crippen LogP contribution in [-0.2, 0) is 0 Å². The van der Waals surface area contributed by atoms with Gasteiger partial charge in [-0.25, -0.2) is 15.0 Å². The SMILES string of the molecule is Cc1cnc(C(C)Nc2ncnc(N)c2Cl)s1. The molecule has 0 spiro atoms. The van der Waals surface area contributed by atoms with Crippen LogP contribution in [0, 0.1) is 6.92 Å². The van der Waals surface area contributed by atoms with Crippen LogP contribution in [0.4, 0.5) is 11.6 Å². The summed E-state index contributed by atoms with van der Waals surface area (Å²) in [7, 11) is 0. The Kier molecular flexibility index (Phi) is 3.44. The molecule has 0 aliphatic carbocycles. The molecule has 0 radical (unpaired) electrons. The number of nitrogen functional groups attached to an aromatic ring is 1. The predicted octanol–water partition coefficient (Wildman–Crippen LogP) is 2.65. The predicted molar refractivity (Wildman–Crippen MR) is 70.3 cm³/mol. The molecule has 1 atom stereocenters. The molecule has 2 aromatic heterocycles. The Balaban J connectivity index is 2.18. The molecule has 90 valence electrons. The zero-order valence-corrected chi connectivity index (χ0v) is 11.0. The van der Waals surface area contributed by atoms with E-state index in [9.17, 15) is 0 Å². The molecule has 0 aromatic carbocycles. The first-order valence-electron chi connectivity index (χ1n) is 5.02.